The lowest BCUT2D eigenvalue weighted by Crippen LogP contribution is -2.19. The van der Waals surface area contributed by atoms with Gasteiger partial charge in [-0.3, -0.25) is 9.13 Å². The number of rotatable bonds is 7. The van der Waals surface area contributed by atoms with Crippen LogP contribution in [0.1, 0.15) is 21.5 Å². The quantitative estimate of drug-likeness (QED) is 0.434. The van der Waals surface area contributed by atoms with Crippen LogP contribution in [0.15, 0.2) is 65.5 Å². The highest BCUT2D eigenvalue weighted by Gasteiger charge is 2.09. The van der Waals surface area contributed by atoms with E-state index in [-0.39, 0.29) is 11.3 Å². The number of aryl methyl sites for hydroxylation is 2. The number of fused-ring (bicyclic) bond motifs is 1. The Morgan fingerprint density at radius 1 is 0.969 bits per heavy atom. The molecule has 8 heteroatoms. The van der Waals surface area contributed by atoms with Crippen molar-refractivity contribution in [3.05, 3.63) is 92.9 Å². The summed E-state index contributed by atoms with van der Waals surface area (Å²) in [5.74, 6) is -0.276. The van der Waals surface area contributed by atoms with E-state index in [0.29, 0.717) is 23.9 Å². The number of ether oxygens (including phenoxy) is 1. The molecule has 2 N–H and O–H groups in total. The van der Waals surface area contributed by atoms with Gasteiger partial charge < -0.3 is 15.2 Å². The molecular formula is C24H22ClN3O4. The number of benzene rings is 3. The number of aromatic nitrogens is 2. The van der Waals surface area contributed by atoms with Gasteiger partial charge in [0.15, 0.2) is 0 Å². The predicted molar refractivity (Wildman–Crippen MR) is 125 cm³/mol. The van der Waals surface area contributed by atoms with Gasteiger partial charge in [0.2, 0.25) is 0 Å². The third-order valence-electron chi connectivity index (χ3n) is 5.36. The van der Waals surface area contributed by atoms with E-state index in [1.165, 1.54) is 12.1 Å². The highest BCUT2D eigenvalue weighted by molar-refractivity contribution is 6.33. The summed E-state index contributed by atoms with van der Waals surface area (Å²) in [5, 5.41) is 12.8. The van der Waals surface area contributed by atoms with E-state index in [9.17, 15) is 9.59 Å². The molecule has 0 bridgehead atoms. The van der Waals surface area contributed by atoms with Crippen molar-refractivity contribution >= 4 is 34.3 Å². The molecule has 0 unspecified atom stereocenters. The minimum absolute atomic E-state index is 0.0572. The Kier molecular flexibility index (Phi) is 5.92. The Balaban J connectivity index is 1.39. The Morgan fingerprint density at radius 2 is 1.66 bits per heavy atom. The van der Waals surface area contributed by atoms with Crippen LogP contribution < -0.4 is 15.7 Å². The van der Waals surface area contributed by atoms with Crippen LogP contribution >= 0.6 is 11.6 Å². The van der Waals surface area contributed by atoms with Gasteiger partial charge in [-0.25, -0.2) is 9.59 Å². The number of carboxylic acids is 1. The first-order valence-electron chi connectivity index (χ1n) is 9.96. The summed E-state index contributed by atoms with van der Waals surface area (Å²) in [6.07, 6.45) is 0. The van der Waals surface area contributed by atoms with E-state index in [2.05, 4.69) is 5.32 Å². The van der Waals surface area contributed by atoms with Crippen LogP contribution in [0.25, 0.3) is 11.0 Å². The fourth-order valence-electron chi connectivity index (χ4n) is 3.50. The smallest absolute Gasteiger partial charge is 0.335 e. The zero-order chi connectivity index (χ0) is 22.8. The van der Waals surface area contributed by atoms with E-state index in [0.717, 1.165) is 27.9 Å². The monoisotopic (exact) mass is 451 g/mol. The summed E-state index contributed by atoms with van der Waals surface area (Å²) in [6.45, 7) is 0.871. The molecule has 0 aliphatic rings. The number of nitrogens with zero attached hydrogens (tertiary/aromatic N) is 2. The van der Waals surface area contributed by atoms with Crippen LogP contribution in [-0.2, 0) is 27.2 Å². The maximum absolute atomic E-state index is 12.1. The molecule has 0 radical (unpaired) electrons. The first-order chi connectivity index (χ1) is 15.3. The van der Waals surface area contributed by atoms with Crippen LogP contribution in [0.2, 0.25) is 5.02 Å². The van der Waals surface area contributed by atoms with E-state index in [1.54, 1.807) is 29.3 Å². The van der Waals surface area contributed by atoms with E-state index in [1.807, 2.05) is 42.5 Å². The molecule has 1 heterocycles. The fourth-order valence-corrected chi connectivity index (χ4v) is 3.69. The van der Waals surface area contributed by atoms with Gasteiger partial charge in [-0.2, -0.15) is 0 Å². The molecule has 0 aliphatic carbocycles. The normalized spacial score (nSPS) is 11.0. The van der Waals surface area contributed by atoms with Gasteiger partial charge in [-0.15, -0.1) is 0 Å². The topological polar surface area (TPSA) is 85.5 Å². The Hall–Kier alpha value is -3.71. The SMILES string of the molecule is Cn1c(=O)n(C)c2cc(COc3ccc(CNc4cc(C(=O)O)ccc4Cl)cc3)ccc21. The Labute approximate surface area is 189 Å². The van der Waals surface area contributed by atoms with Crippen molar-refractivity contribution < 1.29 is 14.6 Å². The van der Waals surface area contributed by atoms with E-state index in [4.69, 9.17) is 21.4 Å². The Morgan fingerprint density at radius 3 is 2.38 bits per heavy atom. The van der Waals surface area contributed by atoms with Crippen LogP contribution in [0.4, 0.5) is 5.69 Å². The summed E-state index contributed by atoms with van der Waals surface area (Å²) in [6, 6.07) is 18.0. The van der Waals surface area contributed by atoms with E-state index < -0.39 is 5.97 Å². The maximum Gasteiger partial charge on any atom is 0.335 e. The predicted octanol–water partition coefficient (Wildman–Crippen LogP) is 4.42. The molecule has 4 aromatic rings. The number of hydrogen-bond acceptors (Lipinski definition) is 4. The number of nitrogens with one attached hydrogen (secondary N) is 1. The number of anilines is 1. The summed E-state index contributed by atoms with van der Waals surface area (Å²) >= 11 is 6.15. The second kappa shape index (κ2) is 8.80. The molecule has 0 atom stereocenters. The standard InChI is InChI=1S/C24H22ClN3O4/c1-27-21-10-5-16(11-22(21)28(2)24(27)31)14-32-18-7-3-15(4-8-18)13-26-20-12-17(23(29)30)6-9-19(20)25/h3-12,26H,13-14H2,1-2H3,(H,29,30). The van der Waals surface area contributed by atoms with E-state index >= 15 is 0 Å². The second-order valence-electron chi connectivity index (χ2n) is 7.51. The maximum atomic E-state index is 12.1. The third kappa shape index (κ3) is 4.33. The number of halogens is 1. The minimum Gasteiger partial charge on any atom is -0.489 e. The third-order valence-corrected chi connectivity index (χ3v) is 5.69. The Bertz CT molecular complexity index is 1360. The number of aromatic carboxylic acids is 1. The lowest BCUT2D eigenvalue weighted by Gasteiger charge is -2.11. The molecule has 3 aromatic carbocycles. The minimum atomic E-state index is -1.00. The zero-order valence-corrected chi connectivity index (χ0v) is 18.4. The molecule has 32 heavy (non-hydrogen) atoms. The van der Waals surface area contributed by atoms with Gasteiger partial charge in [-0.05, 0) is 53.6 Å². The summed E-state index contributed by atoms with van der Waals surface area (Å²) in [5.41, 5.74) is 4.40. The number of imidazole rings is 1. The van der Waals surface area contributed by atoms with Crippen LogP contribution in [0.5, 0.6) is 5.75 Å². The lowest BCUT2D eigenvalue weighted by atomic mass is 10.1. The first-order valence-corrected chi connectivity index (χ1v) is 10.3. The van der Waals surface area contributed by atoms with Crippen molar-refractivity contribution in [1.29, 1.82) is 0 Å². The number of carboxylic acid groups (broad SMARTS) is 1. The average molecular weight is 452 g/mol. The van der Waals surface area contributed by atoms with Crippen LogP contribution in [0, 0.1) is 0 Å². The van der Waals surface area contributed by atoms with Gasteiger partial charge in [0, 0.05) is 20.6 Å². The van der Waals surface area contributed by atoms with Gasteiger partial charge in [0.05, 0.1) is 27.3 Å². The largest absolute Gasteiger partial charge is 0.489 e. The number of carbonyl (C=O) groups is 1. The van der Waals surface area contributed by atoms with Crippen molar-refractivity contribution in [3.63, 3.8) is 0 Å². The van der Waals surface area contributed by atoms with Gasteiger partial charge >= 0.3 is 11.7 Å². The van der Waals surface area contributed by atoms with Crippen molar-refractivity contribution in [3.8, 4) is 5.75 Å². The molecule has 0 saturated carbocycles. The fraction of sp³-hybridized carbons (Fsp3) is 0.167. The molecule has 1 aromatic heterocycles. The van der Waals surface area contributed by atoms with Crippen molar-refractivity contribution in [2.24, 2.45) is 14.1 Å². The molecule has 0 aliphatic heterocycles. The first kappa shape index (κ1) is 21.5. The van der Waals surface area contributed by atoms with Crippen molar-refractivity contribution in [1.82, 2.24) is 9.13 Å². The van der Waals surface area contributed by atoms with Crippen LogP contribution in [-0.4, -0.2) is 20.2 Å². The molecule has 0 saturated heterocycles. The molecule has 0 amide bonds. The van der Waals surface area contributed by atoms with Crippen molar-refractivity contribution in [2.45, 2.75) is 13.2 Å². The molecule has 7 nitrogen and oxygen atoms in total. The average Bonchev–Trinajstić information content (AvgIpc) is 3.01. The molecule has 0 spiro atoms. The highest BCUT2D eigenvalue weighted by Crippen LogP contribution is 2.24. The summed E-state index contributed by atoms with van der Waals surface area (Å²) in [7, 11) is 3.52. The molecule has 4 rings (SSSR count). The lowest BCUT2D eigenvalue weighted by molar-refractivity contribution is 0.0697. The second-order valence-corrected chi connectivity index (χ2v) is 7.92. The van der Waals surface area contributed by atoms with Gasteiger partial charge in [0.1, 0.15) is 12.4 Å². The zero-order valence-electron chi connectivity index (χ0n) is 17.6. The molecular weight excluding hydrogens is 430 g/mol. The van der Waals surface area contributed by atoms with Crippen molar-refractivity contribution in [2.75, 3.05) is 5.32 Å². The van der Waals surface area contributed by atoms with Gasteiger partial charge in [-0.1, -0.05) is 29.8 Å². The highest BCUT2D eigenvalue weighted by atomic mass is 35.5. The molecule has 0 fully saturated rings. The molecule has 164 valence electrons. The van der Waals surface area contributed by atoms with Gasteiger partial charge in [0.25, 0.3) is 0 Å². The summed E-state index contributed by atoms with van der Waals surface area (Å²) in [4.78, 5) is 23.2. The van der Waals surface area contributed by atoms with Crippen LogP contribution in [0.3, 0.4) is 0 Å². The summed E-state index contributed by atoms with van der Waals surface area (Å²) < 4.78 is 9.14. The number of hydrogen-bond donors (Lipinski definition) is 2.